The first-order valence-electron chi connectivity index (χ1n) is 9.14. The standard InChI is InChI=1S/C19H27N3O2.2ClH/c20-19(8-4-5-9-19)18(23)21-10-11-22-16(12-21)13-24-14-17(22)15-6-2-1-3-7-15;;/h1-3,6-7,16-17H,4-5,8-14,20H2;2*1H/t16-,17-;;/m1../s1. The van der Waals surface area contributed by atoms with Gasteiger partial charge in [0.05, 0.1) is 30.8 Å². The van der Waals surface area contributed by atoms with Gasteiger partial charge in [-0.05, 0) is 18.4 Å². The number of piperazine rings is 1. The number of carbonyl (C=O) groups is 1. The molecule has 3 fully saturated rings. The lowest BCUT2D eigenvalue weighted by molar-refractivity contribution is -0.145. The normalized spacial score (nSPS) is 27.8. The highest BCUT2D eigenvalue weighted by molar-refractivity contribution is 5.86. The van der Waals surface area contributed by atoms with E-state index < -0.39 is 5.54 Å². The lowest BCUT2D eigenvalue weighted by Crippen LogP contribution is -2.64. The second kappa shape index (κ2) is 8.89. The van der Waals surface area contributed by atoms with E-state index in [0.29, 0.717) is 12.6 Å². The largest absolute Gasteiger partial charge is 0.378 e. The predicted octanol–water partition coefficient (Wildman–Crippen LogP) is 2.39. The van der Waals surface area contributed by atoms with Gasteiger partial charge in [-0.1, -0.05) is 43.2 Å². The Labute approximate surface area is 168 Å². The van der Waals surface area contributed by atoms with E-state index in [4.69, 9.17) is 10.5 Å². The Morgan fingerprint density at radius 3 is 2.46 bits per heavy atom. The van der Waals surface area contributed by atoms with Crippen LogP contribution in [0.25, 0.3) is 0 Å². The first-order chi connectivity index (χ1) is 11.7. The van der Waals surface area contributed by atoms with Crippen LogP contribution in [0.4, 0.5) is 0 Å². The summed E-state index contributed by atoms with van der Waals surface area (Å²) in [6.07, 6.45) is 3.81. The molecule has 1 aliphatic carbocycles. The molecular formula is C19H29Cl2N3O2. The minimum Gasteiger partial charge on any atom is -0.378 e. The Morgan fingerprint density at radius 2 is 1.77 bits per heavy atom. The molecule has 1 aromatic rings. The van der Waals surface area contributed by atoms with Crippen molar-refractivity contribution in [1.82, 2.24) is 9.80 Å². The number of halogens is 2. The van der Waals surface area contributed by atoms with Crippen molar-refractivity contribution in [3.63, 3.8) is 0 Å². The number of hydrogen-bond acceptors (Lipinski definition) is 4. The minimum absolute atomic E-state index is 0. The number of rotatable bonds is 2. The van der Waals surface area contributed by atoms with Gasteiger partial charge in [0.1, 0.15) is 0 Å². The fourth-order valence-corrected chi connectivity index (χ4v) is 4.52. The summed E-state index contributed by atoms with van der Waals surface area (Å²) in [5.74, 6) is 0.154. The molecule has 0 spiro atoms. The Kier molecular flexibility index (Phi) is 7.34. The average Bonchev–Trinajstić information content (AvgIpc) is 3.08. The van der Waals surface area contributed by atoms with Crippen molar-refractivity contribution in [2.24, 2.45) is 5.73 Å². The predicted molar refractivity (Wildman–Crippen MR) is 107 cm³/mol. The van der Waals surface area contributed by atoms with Gasteiger partial charge in [0.25, 0.3) is 0 Å². The van der Waals surface area contributed by atoms with Gasteiger partial charge < -0.3 is 15.4 Å². The van der Waals surface area contributed by atoms with Crippen LogP contribution >= 0.6 is 24.8 Å². The first-order valence-corrected chi connectivity index (χ1v) is 9.14. The molecule has 1 aromatic carbocycles. The summed E-state index contributed by atoms with van der Waals surface area (Å²) in [5.41, 5.74) is 7.07. The number of fused-ring (bicyclic) bond motifs is 1. The van der Waals surface area contributed by atoms with Gasteiger partial charge in [-0.15, -0.1) is 24.8 Å². The van der Waals surface area contributed by atoms with E-state index in [9.17, 15) is 4.79 Å². The molecular weight excluding hydrogens is 373 g/mol. The molecule has 2 aliphatic heterocycles. The maximum absolute atomic E-state index is 12.9. The van der Waals surface area contributed by atoms with E-state index in [1.807, 2.05) is 11.0 Å². The van der Waals surface area contributed by atoms with Crippen molar-refractivity contribution in [3.05, 3.63) is 35.9 Å². The highest BCUT2D eigenvalue weighted by atomic mass is 35.5. The number of amides is 1. The van der Waals surface area contributed by atoms with Gasteiger partial charge in [0, 0.05) is 19.6 Å². The van der Waals surface area contributed by atoms with Gasteiger partial charge in [0.15, 0.2) is 0 Å². The van der Waals surface area contributed by atoms with E-state index in [0.717, 1.165) is 51.9 Å². The summed E-state index contributed by atoms with van der Waals surface area (Å²) >= 11 is 0. The molecule has 2 N–H and O–H groups in total. The maximum Gasteiger partial charge on any atom is 0.242 e. The number of hydrogen-bond donors (Lipinski definition) is 1. The summed E-state index contributed by atoms with van der Waals surface area (Å²) in [6.45, 7) is 3.84. The Hall–Kier alpha value is -0.850. The number of benzene rings is 1. The zero-order chi connectivity index (χ0) is 16.6. The molecule has 2 saturated heterocycles. The number of morpholine rings is 1. The van der Waals surface area contributed by atoms with Crippen LogP contribution in [0.3, 0.4) is 0 Å². The quantitative estimate of drug-likeness (QED) is 0.826. The fourth-order valence-electron chi connectivity index (χ4n) is 4.52. The minimum atomic E-state index is -0.615. The van der Waals surface area contributed by atoms with E-state index in [1.54, 1.807) is 0 Å². The smallest absolute Gasteiger partial charge is 0.242 e. The molecule has 2 atom stereocenters. The number of carbonyl (C=O) groups excluding carboxylic acids is 1. The van der Waals surface area contributed by atoms with Crippen LogP contribution in [0.15, 0.2) is 30.3 Å². The SMILES string of the molecule is Cl.Cl.NC1(C(=O)N2CCN3[C@@H](COC[C@@H]3c3ccccc3)C2)CCCC1. The van der Waals surface area contributed by atoms with Crippen LogP contribution in [0, 0.1) is 0 Å². The molecule has 5 nitrogen and oxygen atoms in total. The van der Waals surface area contributed by atoms with Gasteiger partial charge in [-0.25, -0.2) is 0 Å². The Balaban J connectivity index is 0.00000121. The molecule has 1 saturated carbocycles. The zero-order valence-electron chi connectivity index (χ0n) is 15.0. The van der Waals surface area contributed by atoms with Gasteiger partial charge in [-0.3, -0.25) is 9.69 Å². The van der Waals surface area contributed by atoms with Crippen LogP contribution in [0.2, 0.25) is 0 Å². The number of nitrogens with two attached hydrogens (primary N) is 1. The monoisotopic (exact) mass is 401 g/mol. The van der Waals surface area contributed by atoms with E-state index in [-0.39, 0.29) is 36.8 Å². The lowest BCUT2D eigenvalue weighted by atomic mass is 9.95. The Bertz CT molecular complexity index is 596. The number of ether oxygens (including phenoxy) is 1. The topological polar surface area (TPSA) is 58.8 Å². The van der Waals surface area contributed by atoms with Crippen molar-refractivity contribution < 1.29 is 9.53 Å². The van der Waals surface area contributed by atoms with Crippen LogP contribution in [-0.2, 0) is 9.53 Å². The molecule has 26 heavy (non-hydrogen) atoms. The van der Waals surface area contributed by atoms with Crippen LogP contribution < -0.4 is 5.73 Å². The average molecular weight is 402 g/mol. The first kappa shape index (κ1) is 21.5. The molecule has 0 aromatic heterocycles. The summed E-state index contributed by atoms with van der Waals surface area (Å²) in [5, 5.41) is 0. The van der Waals surface area contributed by atoms with Crippen molar-refractivity contribution in [2.75, 3.05) is 32.8 Å². The maximum atomic E-state index is 12.9. The molecule has 146 valence electrons. The Morgan fingerprint density at radius 1 is 1.08 bits per heavy atom. The van der Waals surface area contributed by atoms with Crippen molar-refractivity contribution >= 4 is 30.7 Å². The summed E-state index contributed by atoms with van der Waals surface area (Å²) < 4.78 is 5.87. The third kappa shape index (κ3) is 4.02. The zero-order valence-corrected chi connectivity index (χ0v) is 16.6. The van der Waals surface area contributed by atoms with E-state index >= 15 is 0 Å². The molecule has 0 bridgehead atoms. The molecule has 1 amide bonds. The van der Waals surface area contributed by atoms with Gasteiger partial charge in [-0.2, -0.15) is 0 Å². The molecule has 4 rings (SSSR count). The molecule has 0 unspecified atom stereocenters. The van der Waals surface area contributed by atoms with Crippen LogP contribution in [0.5, 0.6) is 0 Å². The highest BCUT2D eigenvalue weighted by Crippen LogP contribution is 2.33. The van der Waals surface area contributed by atoms with Gasteiger partial charge >= 0.3 is 0 Å². The lowest BCUT2D eigenvalue weighted by Gasteiger charge is -2.49. The molecule has 7 heteroatoms. The second-order valence-corrected chi connectivity index (χ2v) is 7.47. The van der Waals surface area contributed by atoms with E-state index in [1.165, 1.54) is 5.56 Å². The molecule has 3 aliphatic rings. The van der Waals surface area contributed by atoms with Crippen LogP contribution in [0.1, 0.15) is 37.3 Å². The highest BCUT2D eigenvalue weighted by Gasteiger charge is 2.44. The van der Waals surface area contributed by atoms with Crippen LogP contribution in [-0.4, -0.2) is 60.1 Å². The third-order valence-corrected chi connectivity index (χ3v) is 5.91. The molecule has 0 radical (unpaired) electrons. The molecule has 2 heterocycles. The summed E-state index contributed by atoms with van der Waals surface area (Å²) in [7, 11) is 0. The second-order valence-electron chi connectivity index (χ2n) is 7.47. The van der Waals surface area contributed by atoms with Crippen molar-refractivity contribution in [1.29, 1.82) is 0 Å². The van der Waals surface area contributed by atoms with Crippen molar-refractivity contribution in [3.8, 4) is 0 Å². The van der Waals surface area contributed by atoms with Gasteiger partial charge in [0.2, 0.25) is 5.91 Å². The summed E-state index contributed by atoms with van der Waals surface area (Å²) in [6, 6.07) is 11.1. The van der Waals surface area contributed by atoms with Crippen molar-refractivity contribution in [2.45, 2.75) is 43.3 Å². The summed E-state index contributed by atoms with van der Waals surface area (Å²) in [4.78, 5) is 17.4. The fraction of sp³-hybridized carbons (Fsp3) is 0.632. The third-order valence-electron chi connectivity index (χ3n) is 5.91. The van der Waals surface area contributed by atoms with E-state index in [2.05, 4.69) is 29.2 Å². The number of nitrogens with zero attached hydrogens (tertiary/aromatic N) is 2.